The third-order valence-electron chi connectivity index (χ3n) is 5.88. The van der Waals surface area contributed by atoms with Crippen LogP contribution in [0.2, 0.25) is 0 Å². The molecule has 1 N–H and O–H groups in total. The number of nitrogens with zero attached hydrogens (tertiary/aromatic N) is 3. The largest absolute Gasteiger partial charge is 0.418 e. The third kappa shape index (κ3) is 5.03. The van der Waals surface area contributed by atoms with Gasteiger partial charge in [0, 0.05) is 49.4 Å². The highest BCUT2D eigenvalue weighted by atomic mass is 19.4. The van der Waals surface area contributed by atoms with E-state index in [1.165, 1.54) is 12.3 Å². The van der Waals surface area contributed by atoms with Gasteiger partial charge in [-0.25, -0.2) is 0 Å². The maximum absolute atomic E-state index is 13.3. The van der Waals surface area contributed by atoms with Crippen molar-refractivity contribution in [1.29, 1.82) is 0 Å². The van der Waals surface area contributed by atoms with E-state index in [0.29, 0.717) is 37.9 Å². The Morgan fingerprint density at radius 3 is 2.53 bits per heavy atom. The van der Waals surface area contributed by atoms with Crippen LogP contribution in [0.5, 0.6) is 0 Å². The molecule has 5 nitrogen and oxygen atoms in total. The lowest BCUT2D eigenvalue weighted by Gasteiger charge is -2.34. The standard InChI is InChI=1S/C22H29F3N4O/c1-3-28(4-2)15-12-27-21(30)16-9-13-29(14-10-16)19-8-7-18(22(23,24)25)20-17(19)6-5-11-26-20/h5-8,11,16H,3-4,9-10,12-15H2,1-2H3,(H,27,30). The van der Waals surface area contributed by atoms with Crippen LogP contribution < -0.4 is 10.2 Å². The van der Waals surface area contributed by atoms with Crippen molar-refractivity contribution in [3.63, 3.8) is 0 Å². The first-order valence-corrected chi connectivity index (χ1v) is 10.5. The molecule has 1 amide bonds. The Hall–Kier alpha value is -2.35. The van der Waals surface area contributed by atoms with Crippen molar-refractivity contribution in [3.8, 4) is 0 Å². The molecule has 1 aromatic heterocycles. The lowest BCUT2D eigenvalue weighted by atomic mass is 9.94. The van der Waals surface area contributed by atoms with Crippen molar-refractivity contribution < 1.29 is 18.0 Å². The summed E-state index contributed by atoms with van der Waals surface area (Å²) in [5, 5.41) is 3.52. The summed E-state index contributed by atoms with van der Waals surface area (Å²) in [5.74, 6) is 0.0116. The molecule has 0 spiro atoms. The van der Waals surface area contributed by atoms with Gasteiger partial charge >= 0.3 is 6.18 Å². The van der Waals surface area contributed by atoms with Crippen molar-refractivity contribution in [1.82, 2.24) is 15.2 Å². The molecule has 1 aliphatic heterocycles. The van der Waals surface area contributed by atoms with Gasteiger partial charge in [-0.15, -0.1) is 0 Å². The normalized spacial score (nSPS) is 15.7. The molecule has 0 atom stereocenters. The van der Waals surface area contributed by atoms with Crippen LogP contribution in [-0.4, -0.2) is 55.1 Å². The maximum atomic E-state index is 13.3. The van der Waals surface area contributed by atoms with E-state index < -0.39 is 11.7 Å². The molecule has 1 fully saturated rings. The van der Waals surface area contributed by atoms with Gasteiger partial charge in [0.25, 0.3) is 0 Å². The van der Waals surface area contributed by atoms with Crippen LogP contribution >= 0.6 is 0 Å². The number of hydrogen-bond donors (Lipinski definition) is 1. The monoisotopic (exact) mass is 422 g/mol. The van der Waals surface area contributed by atoms with E-state index in [1.807, 2.05) is 0 Å². The Morgan fingerprint density at radius 2 is 1.90 bits per heavy atom. The molecule has 164 valence electrons. The van der Waals surface area contributed by atoms with Gasteiger partial charge in [0.05, 0.1) is 11.1 Å². The minimum absolute atomic E-state index is 0.0289. The SMILES string of the molecule is CCN(CC)CCNC(=O)C1CCN(c2ccc(C(F)(F)F)c3ncccc23)CC1. The molecule has 0 bridgehead atoms. The highest BCUT2D eigenvalue weighted by Gasteiger charge is 2.34. The zero-order valence-electron chi connectivity index (χ0n) is 17.5. The average molecular weight is 422 g/mol. The van der Waals surface area contributed by atoms with Gasteiger partial charge in [-0.05, 0) is 50.2 Å². The van der Waals surface area contributed by atoms with Crippen molar-refractivity contribution in [2.75, 3.05) is 44.2 Å². The van der Waals surface area contributed by atoms with E-state index in [2.05, 4.69) is 33.9 Å². The molecular formula is C22H29F3N4O. The van der Waals surface area contributed by atoms with Gasteiger partial charge in [0.15, 0.2) is 0 Å². The van der Waals surface area contributed by atoms with Crippen LogP contribution in [0.4, 0.5) is 18.9 Å². The van der Waals surface area contributed by atoms with Gasteiger partial charge in [0.1, 0.15) is 0 Å². The summed E-state index contributed by atoms with van der Waals surface area (Å²) in [5.41, 5.74) is -0.00502. The quantitative estimate of drug-likeness (QED) is 0.735. The first kappa shape index (κ1) is 22.3. The molecule has 0 saturated carbocycles. The summed E-state index contributed by atoms with van der Waals surface area (Å²) < 4.78 is 40.0. The second kappa shape index (κ2) is 9.64. The smallest absolute Gasteiger partial charge is 0.371 e. The highest BCUT2D eigenvalue weighted by Crippen LogP contribution is 2.38. The number of likely N-dealkylation sites (N-methyl/N-ethyl adjacent to an activating group) is 1. The Bertz CT molecular complexity index is 859. The first-order valence-electron chi connectivity index (χ1n) is 10.5. The Labute approximate surface area is 175 Å². The van der Waals surface area contributed by atoms with E-state index in [9.17, 15) is 18.0 Å². The zero-order chi connectivity index (χ0) is 21.7. The van der Waals surface area contributed by atoms with Gasteiger partial charge < -0.3 is 15.1 Å². The van der Waals surface area contributed by atoms with Crippen molar-refractivity contribution in [2.24, 2.45) is 5.92 Å². The molecule has 2 aromatic rings. The van der Waals surface area contributed by atoms with E-state index in [4.69, 9.17) is 0 Å². The van der Waals surface area contributed by atoms with Crippen molar-refractivity contribution >= 4 is 22.5 Å². The molecule has 3 rings (SSSR count). The fourth-order valence-electron chi connectivity index (χ4n) is 4.07. The molecule has 0 aliphatic carbocycles. The number of carbonyl (C=O) groups is 1. The fourth-order valence-corrected chi connectivity index (χ4v) is 4.07. The number of pyridine rings is 1. The maximum Gasteiger partial charge on any atom is 0.418 e. The Morgan fingerprint density at radius 1 is 1.20 bits per heavy atom. The summed E-state index contributed by atoms with van der Waals surface area (Å²) >= 11 is 0. The van der Waals surface area contributed by atoms with Gasteiger partial charge in [-0.1, -0.05) is 13.8 Å². The molecule has 8 heteroatoms. The number of alkyl halides is 3. The summed E-state index contributed by atoms with van der Waals surface area (Å²) in [6, 6.07) is 5.97. The highest BCUT2D eigenvalue weighted by molar-refractivity contribution is 5.94. The van der Waals surface area contributed by atoms with Crippen LogP contribution in [0, 0.1) is 5.92 Å². The summed E-state index contributed by atoms with van der Waals surface area (Å²) in [7, 11) is 0. The number of anilines is 1. The first-order chi connectivity index (χ1) is 14.3. The fraction of sp³-hybridized carbons (Fsp3) is 0.545. The minimum Gasteiger partial charge on any atom is -0.371 e. The Kier molecular flexibility index (Phi) is 7.18. The molecule has 1 saturated heterocycles. The van der Waals surface area contributed by atoms with Crippen LogP contribution in [-0.2, 0) is 11.0 Å². The number of hydrogen-bond acceptors (Lipinski definition) is 4. The van der Waals surface area contributed by atoms with E-state index in [0.717, 1.165) is 31.4 Å². The second-order valence-electron chi connectivity index (χ2n) is 7.61. The topological polar surface area (TPSA) is 48.5 Å². The van der Waals surface area contributed by atoms with E-state index >= 15 is 0 Å². The van der Waals surface area contributed by atoms with E-state index in [-0.39, 0.29) is 17.3 Å². The molecule has 0 unspecified atom stereocenters. The number of amides is 1. The van der Waals surface area contributed by atoms with Gasteiger partial charge in [-0.2, -0.15) is 13.2 Å². The van der Waals surface area contributed by atoms with Gasteiger partial charge in [-0.3, -0.25) is 9.78 Å². The van der Waals surface area contributed by atoms with Crippen molar-refractivity contribution in [3.05, 3.63) is 36.0 Å². The summed E-state index contributed by atoms with van der Waals surface area (Å²) in [6.45, 7) is 8.84. The number of nitrogens with one attached hydrogen (secondary N) is 1. The number of fused-ring (bicyclic) bond motifs is 1. The lowest BCUT2D eigenvalue weighted by Crippen LogP contribution is -2.42. The Balaban J connectivity index is 1.64. The predicted molar refractivity (Wildman–Crippen MR) is 112 cm³/mol. The van der Waals surface area contributed by atoms with Crippen LogP contribution in [0.15, 0.2) is 30.5 Å². The number of aromatic nitrogens is 1. The number of carbonyl (C=O) groups excluding carboxylic acids is 1. The number of rotatable bonds is 7. The summed E-state index contributed by atoms with van der Waals surface area (Å²) in [4.78, 5) is 20.8. The molecule has 2 heterocycles. The zero-order valence-corrected chi connectivity index (χ0v) is 17.5. The van der Waals surface area contributed by atoms with Crippen molar-refractivity contribution in [2.45, 2.75) is 32.9 Å². The lowest BCUT2D eigenvalue weighted by molar-refractivity contribution is -0.136. The number of benzene rings is 1. The average Bonchev–Trinajstić information content (AvgIpc) is 2.75. The van der Waals surface area contributed by atoms with Crippen LogP contribution in [0.25, 0.3) is 10.9 Å². The molecule has 1 aromatic carbocycles. The third-order valence-corrected chi connectivity index (χ3v) is 5.88. The predicted octanol–water partition coefficient (Wildman–Crippen LogP) is 3.93. The second-order valence-corrected chi connectivity index (χ2v) is 7.61. The molecule has 1 aliphatic rings. The van der Waals surface area contributed by atoms with Crippen LogP contribution in [0.1, 0.15) is 32.3 Å². The summed E-state index contributed by atoms with van der Waals surface area (Å²) in [6.07, 6.45) is -1.70. The number of piperidine rings is 1. The minimum atomic E-state index is -4.44. The molecule has 30 heavy (non-hydrogen) atoms. The van der Waals surface area contributed by atoms with Gasteiger partial charge in [0.2, 0.25) is 5.91 Å². The van der Waals surface area contributed by atoms with E-state index in [1.54, 1.807) is 12.1 Å². The number of halogens is 3. The van der Waals surface area contributed by atoms with Crippen LogP contribution in [0.3, 0.4) is 0 Å². The molecule has 0 radical (unpaired) electrons. The molecular weight excluding hydrogens is 393 g/mol.